The summed E-state index contributed by atoms with van der Waals surface area (Å²) >= 11 is 0. The Morgan fingerprint density at radius 2 is 1.65 bits per heavy atom. The molecule has 1 N–H and O–H groups in total. The first kappa shape index (κ1) is 15.3. The topological polar surface area (TPSA) is 42.2 Å². The fourth-order valence-electron chi connectivity index (χ4n) is 2.94. The third-order valence-corrected chi connectivity index (χ3v) is 4.22. The van der Waals surface area contributed by atoms with Crippen LogP contribution in [0.2, 0.25) is 0 Å². The monoisotopic (exact) mass is 307 g/mol. The van der Waals surface area contributed by atoms with E-state index in [-0.39, 0.29) is 5.63 Å². The summed E-state index contributed by atoms with van der Waals surface area (Å²) in [5.74, 6) is 0. The van der Waals surface area contributed by atoms with Crippen LogP contribution < -0.4 is 10.9 Å². The quantitative estimate of drug-likeness (QED) is 0.717. The van der Waals surface area contributed by atoms with E-state index >= 15 is 0 Å². The highest BCUT2D eigenvalue weighted by Crippen LogP contribution is 2.24. The molecule has 118 valence electrons. The molecule has 23 heavy (non-hydrogen) atoms. The Labute approximate surface area is 136 Å². The van der Waals surface area contributed by atoms with Crippen molar-refractivity contribution in [1.82, 2.24) is 0 Å². The molecule has 0 bridgehead atoms. The van der Waals surface area contributed by atoms with Crippen LogP contribution in [-0.4, -0.2) is 0 Å². The molecule has 1 aromatic heterocycles. The molecule has 0 atom stereocenters. The van der Waals surface area contributed by atoms with Crippen LogP contribution in [0.1, 0.15) is 27.8 Å². The summed E-state index contributed by atoms with van der Waals surface area (Å²) in [5.41, 5.74) is 6.99. The standard InChI is InChI=1S/C20H21NO2/c1-12-7-13(2)9-17(8-12)21-11-16-10-19(22)23-20-15(4)14(3)5-6-18(16)20/h5-10,21H,11H2,1-4H3. The summed E-state index contributed by atoms with van der Waals surface area (Å²) in [6, 6.07) is 12.0. The van der Waals surface area contributed by atoms with Crippen molar-refractivity contribution in [2.45, 2.75) is 34.2 Å². The van der Waals surface area contributed by atoms with E-state index in [1.54, 1.807) is 6.07 Å². The fraction of sp³-hybridized carbons (Fsp3) is 0.250. The highest BCUT2D eigenvalue weighted by atomic mass is 16.4. The van der Waals surface area contributed by atoms with Gasteiger partial charge in [-0.3, -0.25) is 0 Å². The summed E-state index contributed by atoms with van der Waals surface area (Å²) in [6.07, 6.45) is 0. The minimum Gasteiger partial charge on any atom is -0.422 e. The van der Waals surface area contributed by atoms with Crippen molar-refractivity contribution in [3.8, 4) is 0 Å². The average Bonchev–Trinajstić information content (AvgIpc) is 2.48. The van der Waals surface area contributed by atoms with Gasteiger partial charge in [-0.25, -0.2) is 4.79 Å². The highest BCUT2D eigenvalue weighted by Gasteiger charge is 2.09. The Balaban J connectivity index is 2.00. The van der Waals surface area contributed by atoms with E-state index in [4.69, 9.17) is 4.42 Å². The Hall–Kier alpha value is -2.55. The Morgan fingerprint density at radius 3 is 2.35 bits per heavy atom. The third-order valence-electron chi connectivity index (χ3n) is 4.22. The maximum absolute atomic E-state index is 11.9. The van der Waals surface area contributed by atoms with E-state index in [0.29, 0.717) is 12.1 Å². The second-order valence-corrected chi connectivity index (χ2v) is 6.20. The molecule has 2 aromatic carbocycles. The lowest BCUT2D eigenvalue weighted by atomic mass is 10.0. The lowest BCUT2D eigenvalue weighted by Crippen LogP contribution is -2.07. The van der Waals surface area contributed by atoms with E-state index in [1.165, 1.54) is 11.1 Å². The predicted octanol–water partition coefficient (Wildman–Crippen LogP) is 4.64. The molecule has 0 unspecified atom stereocenters. The minimum absolute atomic E-state index is 0.302. The maximum atomic E-state index is 11.9. The van der Waals surface area contributed by atoms with Gasteiger partial charge in [0.2, 0.25) is 0 Å². The smallest absolute Gasteiger partial charge is 0.336 e. The van der Waals surface area contributed by atoms with Crippen molar-refractivity contribution in [2.24, 2.45) is 0 Å². The van der Waals surface area contributed by atoms with Crippen molar-refractivity contribution in [3.05, 3.63) is 74.6 Å². The molecule has 1 heterocycles. The first-order valence-electron chi connectivity index (χ1n) is 7.79. The van der Waals surface area contributed by atoms with Crippen LogP contribution in [0.4, 0.5) is 5.69 Å². The first-order valence-corrected chi connectivity index (χ1v) is 7.79. The SMILES string of the molecule is Cc1cc(C)cc(NCc2cc(=O)oc3c(C)c(C)ccc23)c1. The lowest BCUT2D eigenvalue weighted by Gasteiger charge is -2.12. The van der Waals surface area contributed by atoms with Gasteiger partial charge in [-0.05, 0) is 67.6 Å². The Kier molecular flexibility index (Phi) is 3.95. The van der Waals surface area contributed by atoms with Crippen molar-refractivity contribution in [2.75, 3.05) is 5.32 Å². The molecule has 3 nitrogen and oxygen atoms in total. The Bertz CT molecular complexity index is 918. The van der Waals surface area contributed by atoms with E-state index in [2.05, 4.69) is 43.4 Å². The van der Waals surface area contributed by atoms with Gasteiger partial charge in [-0.1, -0.05) is 18.2 Å². The van der Waals surface area contributed by atoms with Crippen molar-refractivity contribution >= 4 is 16.7 Å². The molecule has 0 fully saturated rings. The van der Waals surface area contributed by atoms with Crippen LogP contribution in [-0.2, 0) is 6.54 Å². The number of aryl methyl sites for hydroxylation is 4. The molecular formula is C20H21NO2. The number of fused-ring (bicyclic) bond motifs is 1. The first-order chi connectivity index (χ1) is 10.9. The molecule has 0 aliphatic rings. The second kappa shape index (κ2) is 5.92. The summed E-state index contributed by atoms with van der Waals surface area (Å²) < 4.78 is 5.42. The summed E-state index contributed by atoms with van der Waals surface area (Å²) in [4.78, 5) is 11.9. The maximum Gasteiger partial charge on any atom is 0.336 e. The minimum atomic E-state index is -0.302. The average molecular weight is 307 g/mol. The van der Waals surface area contributed by atoms with Gasteiger partial charge < -0.3 is 9.73 Å². The molecule has 0 radical (unpaired) electrons. The number of rotatable bonds is 3. The molecule has 3 aromatic rings. The number of hydrogen-bond donors (Lipinski definition) is 1. The number of benzene rings is 2. The van der Waals surface area contributed by atoms with Crippen LogP contribution in [0.3, 0.4) is 0 Å². The second-order valence-electron chi connectivity index (χ2n) is 6.20. The highest BCUT2D eigenvalue weighted by molar-refractivity contribution is 5.84. The zero-order valence-corrected chi connectivity index (χ0v) is 14.0. The molecule has 3 heteroatoms. The molecule has 0 spiro atoms. The van der Waals surface area contributed by atoms with Crippen molar-refractivity contribution < 1.29 is 4.42 Å². The predicted molar refractivity (Wildman–Crippen MR) is 95.2 cm³/mol. The normalized spacial score (nSPS) is 11.0. The van der Waals surface area contributed by atoms with E-state index < -0.39 is 0 Å². The molecular weight excluding hydrogens is 286 g/mol. The van der Waals surface area contributed by atoms with E-state index in [9.17, 15) is 4.79 Å². The van der Waals surface area contributed by atoms with Crippen LogP contribution in [0, 0.1) is 27.7 Å². The number of nitrogens with one attached hydrogen (secondary N) is 1. The molecule has 0 aliphatic heterocycles. The van der Waals surface area contributed by atoms with Crippen LogP contribution in [0.15, 0.2) is 45.6 Å². The lowest BCUT2D eigenvalue weighted by molar-refractivity contribution is 0.556. The van der Waals surface area contributed by atoms with E-state index in [0.717, 1.165) is 27.8 Å². The van der Waals surface area contributed by atoms with Gasteiger partial charge in [-0.15, -0.1) is 0 Å². The van der Waals surface area contributed by atoms with Gasteiger partial charge in [0, 0.05) is 23.7 Å². The summed E-state index contributed by atoms with van der Waals surface area (Å²) in [7, 11) is 0. The number of hydrogen-bond acceptors (Lipinski definition) is 3. The Morgan fingerprint density at radius 1 is 0.957 bits per heavy atom. The van der Waals surface area contributed by atoms with Crippen LogP contribution in [0.5, 0.6) is 0 Å². The van der Waals surface area contributed by atoms with Crippen molar-refractivity contribution in [3.63, 3.8) is 0 Å². The fourth-order valence-corrected chi connectivity index (χ4v) is 2.94. The molecule has 0 saturated carbocycles. The van der Waals surface area contributed by atoms with Crippen molar-refractivity contribution in [1.29, 1.82) is 0 Å². The van der Waals surface area contributed by atoms with Crippen LogP contribution >= 0.6 is 0 Å². The summed E-state index contributed by atoms with van der Waals surface area (Å²) in [6.45, 7) is 8.76. The zero-order chi connectivity index (χ0) is 16.6. The van der Waals surface area contributed by atoms with E-state index in [1.807, 2.05) is 19.9 Å². The largest absolute Gasteiger partial charge is 0.422 e. The van der Waals surface area contributed by atoms with Crippen LogP contribution in [0.25, 0.3) is 11.0 Å². The van der Waals surface area contributed by atoms with Gasteiger partial charge in [0.05, 0.1) is 0 Å². The molecule has 0 aliphatic carbocycles. The molecule has 0 amide bonds. The molecule has 0 saturated heterocycles. The summed E-state index contributed by atoms with van der Waals surface area (Å²) in [5, 5.41) is 4.41. The van der Waals surface area contributed by atoms with Gasteiger partial charge in [0.15, 0.2) is 0 Å². The molecule has 3 rings (SSSR count). The number of anilines is 1. The van der Waals surface area contributed by atoms with Gasteiger partial charge in [0.25, 0.3) is 0 Å². The zero-order valence-electron chi connectivity index (χ0n) is 14.0. The van der Waals surface area contributed by atoms with Gasteiger partial charge in [-0.2, -0.15) is 0 Å². The third kappa shape index (κ3) is 3.14. The van der Waals surface area contributed by atoms with Gasteiger partial charge in [0.1, 0.15) is 5.58 Å². The van der Waals surface area contributed by atoms with Gasteiger partial charge >= 0.3 is 5.63 Å².